The van der Waals surface area contributed by atoms with E-state index in [1.165, 1.54) is 0 Å². The van der Waals surface area contributed by atoms with E-state index in [1.807, 2.05) is 84.6 Å². The highest BCUT2D eigenvalue weighted by atomic mass is 16.2. The molecule has 4 rings (SSSR count). The van der Waals surface area contributed by atoms with E-state index in [4.69, 9.17) is 4.99 Å². The second-order valence-corrected chi connectivity index (χ2v) is 8.48. The number of amidine groups is 1. The summed E-state index contributed by atoms with van der Waals surface area (Å²) in [4.78, 5) is 33.5. The zero-order valence-electron chi connectivity index (χ0n) is 19.4. The lowest BCUT2D eigenvalue weighted by molar-refractivity contribution is -0.132. The van der Waals surface area contributed by atoms with Gasteiger partial charge in [-0.2, -0.15) is 0 Å². The maximum Gasteiger partial charge on any atom is 0.253 e. The van der Waals surface area contributed by atoms with Gasteiger partial charge in [0.15, 0.2) is 6.04 Å². The van der Waals surface area contributed by atoms with Gasteiger partial charge in [-0.15, -0.1) is 0 Å². The number of para-hydroxylation sites is 2. The number of anilines is 1. The van der Waals surface area contributed by atoms with Gasteiger partial charge in [0.1, 0.15) is 5.84 Å². The predicted molar refractivity (Wildman–Crippen MR) is 136 cm³/mol. The fourth-order valence-corrected chi connectivity index (χ4v) is 3.94. The summed E-state index contributed by atoms with van der Waals surface area (Å²) < 4.78 is 0. The zero-order valence-corrected chi connectivity index (χ0v) is 19.4. The van der Waals surface area contributed by atoms with Crippen LogP contribution in [0.25, 0.3) is 0 Å². The van der Waals surface area contributed by atoms with Crippen LogP contribution in [0.3, 0.4) is 0 Å². The minimum Gasteiger partial charge on any atom is -0.342 e. The molecule has 174 valence electrons. The van der Waals surface area contributed by atoms with Crippen molar-refractivity contribution in [2.75, 3.05) is 18.4 Å². The van der Waals surface area contributed by atoms with Crippen molar-refractivity contribution in [3.05, 3.63) is 96.1 Å². The molecule has 0 aromatic heterocycles. The van der Waals surface area contributed by atoms with Crippen molar-refractivity contribution < 1.29 is 9.59 Å². The van der Waals surface area contributed by atoms with Crippen LogP contribution in [0.5, 0.6) is 0 Å². The number of hydrogen-bond acceptors (Lipinski definition) is 3. The van der Waals surface area contributed by atoms with E-state index in [2.05, 4.69) is 10.6 Å². The van der Waals surface area contributed by atoms with Crippen LogP contribution in [0.2, 0.25) is 0 Å². The van der Waals surface area contributed by atoms with Gasteiger partial charge in [0, 0.05) is 24.3 Å². The molecule has 6 nitrogen and oxygen atoms in total. The molecule has 1 atom stereocenters. The number of hydrogen-bond donors (Lipinski definition) is 2. The number of nitrogens with one attached hydrogen (secondary N) is 2. The van der Waals surface area contributed by atoms with Gasteiger partial charge >= 0.3 is 0 Å². The molecule has 2 amide bonds. The number of rotatable bonds is 6. The minimum absolute atomic E-state index is 0.154. The van der Waals surface area contributed by atoms with Crippen molar-refractivity contribution in [1.82, 2.24) is 10.2 Å². The Hall–Kier alpha value is -3.93. The Balaban J connectivity index is 1.71. The first-order chi connectivity index (χ1) is 16.6. The predicted octanol–water partition coefficient (Wildman–Crippen LogP) is 4.95. The Morgan fingerprint density at radius 1 is 0.824 bits per heavy atom. The number of amides is 2. The van der Waals surface area contributed by atoms with Crippen LogP contribution < -0.4 is 10.6 Å². The van der Waals surface area contributed by atoms with Gasteiger partial charge < -0.3 is 15.5 Å². The minimum atomic E-state index is -0.952. The van der Waals surface area contributed by atoms with E-state index >= 15 is 0 Å². The smallest absolute Gasteiger partial charge is 0.253 e. The lowest BCUT2D eigenvalue weighted by atomic mass is 10.1. The van der Waals surface area contributed by atoms with Gasteiger partial charge in [0.05, 0.1) is 5.69 Å². The summed E-state index contributed by atoms with van der Waals surface area (Å²) in [7, 11) is 0. The zero-order chi connectivity index (χ0) is 23.8. The Morgan fingerprint density at radius 2 is 1.44 bits per heavy atom. The molecule has 1 aliphatic heterocycles. The molecule has 3 aromatic rings. The van der Waals surface area contributed by atoms with Gasteiger partial charge in [-0.3, -0.25) is 9.59 Å². The average Bonchev–Trinajstić information content (AvgIpc) is 2.88. The monoisotopic (exact) mass is 454 g/mol. The summed E-state index contributed by atoms with van der Waals surface area (Å²) in [6.07, 6.45) is 3.03. The van der Waals surface area contributed by atoms with Gasteiger partial charge in [0.25, 0.3) is 11.8 Å². The van der Waals surface area contributed by atoms with E-state index in [1.54, 1.807) is 12.1 Å². The Bertz CT molecular complexity index is 1120. The van der Waals surface area contributed by atoms with Gasteiger partial charge in [-0.1, -0.05) is 54.1 Å². The molecular formula is C28H30N4O2. The molecule has 0 saturated carbocycles. The van der Waals surface area contributed by atoms with E-state index in [-0.39, 0.29) is 11.8 Å². The van der Waals surface area contributed by atoms with Crippen molar-refractivity contribution in [3.63, 3.8) is 0 Å². The number of carbonyl (C=O) groups excluding carboxylic acids is 2. The molecule has 1 heterocycles. The Kier molecular flexibility index (Phi) is 7.71. The number of carbonyl (C=O) groups is 2. The number of benzene rings is 3. The maximum absolute atomic E-state index is 13.7. The van der Waals surface area contributed by atoms with E-state index in [0.717, 1.165) is 30.5 Å². The molecule has 0 aliphatic carbocycles. The lowest BCUT2D eigenvalue weighted by Gasteiger charge is -2.31. The average molecular weight is 455 g/mol. The molecule has 0 radical (unpaired) electrons. The SMILES string of the molecule is Cc1ccc(C(=O)NC(C(=O)N2CCCCC2)C(=Nc2ccccc2)Nc2ccccc2)cc1. The van der Waals surface area contributed by atoms with Crippen LogP contribution in [0, 0.1) is 6.92 Å². The number of piperidine rings is 1. The second kappa shape index (κ2) is 11.3. The molecule has 0 bridgehead atoms. The first-order valence-electron chi connectivity index (χ1n) is 11.7. The summed E-state index contributed by atoms with van der Waals surface area (Å²) in [6, 6.07) is 25.4. The van der Waals surface area contributed by atoms with Crippen LogP contribution in [-0.2, 0) is 4.79 Å². The summed E-state index contributed by atoms with van der Waals surface area (Å²) in [5.74, 6) is -0.0855. The molecular weight excluding hydrogens is 424 g/mol. The Morgan fingerprint density at radius 3 is 2.09 bits per heavy atom. The molecule has 6 heteroatoms. The third-order valence-electron chi connectivity index (χ3n) is 5.83. The first-order valence-corrected chi connectivity index (χ1v) is 11.7. The molecule has 3 aromatic carbocycles. The number of aliphatic imine (C=N–C) groups is 1. The summed E-state index contributed by atoms with van der Waals surface area (Å²) in [6.45, 7) is 3.33. The molecule has 0 spiro atoms. The maximum atomic E-state index is 13.7. The number of nitrogens with zero attached hydrogens (tertiary/aromatic N) is 2. The summed E-state index contributed by atoms with van der Waals surface area (Å²) >= 11 is 0. The van der Waals surface area contributed by atoms with Crippen molar-refractivity contribution in [2.24, 2.45) is 4.99 Å². The van der Waals surface area contributed by atoms with Gasteiger partial charge in [-0.25, -0.2) is 4.99 Å². The van der Waals surface area contributed by atoms with Crippen molar-refractivity contribution in [2.45, 2.75) is 32.2 Å². The third-order valence-corrected chi connectivity index (χ3v) is 5.83. The first kappa shape index (κ1) is 23.2. The van der Waals surface area contributed by atoms with Gasteiger partial charge in [0.2, 0.25) is 0 Å². The molecule has 34 heavy (non-hydrogen) atoms. The molecule has 1 fully saturated rings. The number of aryl methyl sites for hydroxylation is 1. The fraction of sp³-hybridized carbons (Fsp3) is 0.250. The lowest BCUT2D eigenvalue weighted by Crippen LogP contribution is -2.55. The summed E-state index contributed by atoms with van der Waals surface area (Å²) in [5.41, 5.74) is 3.05. The third kappa shape index (κ3) is 6.10. The van der Waals surface area contributed by atoms with Crippen molar-refractivity contribution in [1.29, 1.82) is 0 Å². The summed E-state index contributed by atoms with van der Waals surface area (Å²) in [5, 5.41) is 6.27. The van der Waals surface area contributed by atoms with E-state index < -0.39 is 6.04 Å². The molecule has 2 N–H and O–H groups in total. The Labute approximate surface area is 200 Å². The van der Waals surface area contributed by atoms with Crippen LogP contribution in [0.15, 0.2) is 89.9 Å². The van der Waals surface area contributed by atoms with Crippen molar-refractivity contribution >= 4 is 29.0 Å². The quantitative estimate of drug-likeness (QED) is 0.409. The second-order valence-electron chi connectivity index (χ2n) is 8.48. The molecule has 1 saturated heterocycles. The normalized spacial score (nSPS) is 14.9. The van der Waals surface area contributed by atoms with Crippen LogP contribution in [0.4, 0.5) is 11.4 Å². The fourth-order valence-electron chi connectivity index (χ4n) is 3.94. The van der Waals surface area contributed by atoms with Crippen LogP contribution >= 0.6 is 0 Å². The van der Waals surface area contributed by atoms with E-state index in [9.17, 15) is 9.59 Å². The highest BCUT2D eigenvalue weighted by Crippen LogP contribution is 2.17. The topological polar surface area (TPSA) is 73.8 Å². The standard InChI is InChI=1S/C28H30N4O2/c1-21-15-17-22(18-16-21)27(33)31-25(28(34)32-19-9-4-10-20-32)26(29-23-11-5-2-6-12-23)30-24-13-7-3-8-14-24/h2-3,5-8,11-18,25H,4,9-10,19-20H2,1H3,(H,29,30)(H,31,33). The number of likely N-dealkylation sites (tertiary alicyclic amines) is 1. The van der Waals surface area contributed by atoms with Crippen LogP contribution in [-0.4, -0.2) is 41.7 Å². The van der Waals surface area contributed by atoms with Crippen molar-refractivity contribution in [3.8, 4) is 0 Å². The highest BCUT2D eigenvalue weighted by Gasteiger charge is 2.32. The largest absolute Gasteiger partial charge is 0.342 e. The highest BCUT2D eigenvalue weighted by molar-refractivity contribution is 6.16. The van der Waals surface area contributed by atoms with E-state index in [0.29, 0.717) is 30.2 Å². The molecule has 1 unspecified atom stereocenters. The van der Waals surface area contributed by atoms with Crippen LogP contribution in [0.1, 0.15) is 35.2 Å². The molecule has 1 aliphatic rings. The van der Waals surface area contributed by atoms with Gasteiger partial charge in [-0.05, 0) is 62.6 Å².